The van der Waals surface area contributed by atoms with Crippen LogP contribution in [0.3, 0.4) is 0 Å². The highest BCUT2D eigenvalue weighted by Gasteiger charge is 2.58. The lowest BCUT2D eigenvalue weighted by atomic mass is 10.0. The van der Waals surface area contributed by atoms with Crippen LogP contribution >= 0.6 is 15.9 Å². The first-order chi connectivity index (χ1) is 9.55. The van der Waals surface area contributed by atoms with E-state index in [-0.39, 0.29) is 11.9 Å². The maximum absolute atomic E-state index is 12.4. The molecule has 1 aromatic heterocycles. The number of carbonyl (C=O) groups is 1. The van der Waals surface area contributed by atoms with Crippen LogP contribution in [-0.4, -0.2) is 23.0 Å². The summed E-state index contributed by atoms with van der Waals surface area (Å²) in [4.78, 5) is 16.9. The highest BCUT2D eigenvalue weighted by Crippen LogP contribution is 2.54. The molecule has 1 amide bonds. The predicted molar refractivity (Wildman–Crippen MR) is 80.6 cm³/mol. The first kappa shape index (κ1) is 12.8. The van der Waals surface area contributed by atoms with Gasteiger partial charge in [-0.1, -0.05) is 13.0 Å². The van der Waals surface area contributed by atoms with Gasteiger partial charge in [0.1, 0.15) is 10.4 Å². The van der Waals surface area contributed by atoms with E-state index in [1.165, 1.54) is 24.8 Å². The molecule has 2 saturated carbocycles. The van der Waals surface area contributed by atoms with Gasteiger partial charge in [-0.25, -0.2) is 4.98 Å². The van der Waals surface area contributed by atoms with Crippen molar-refractivity contribution in [1.82, 2.24) is 10.3 Å². The van der Waals surface area contributed by atoms with Crippen LogP contribution in [0.1, 0.15) is 44.1 Å². The van der Waals surface area contributed by atoms with Crippen molar-refractivity contribution in [3.63, 3.8) is 0 Å². The number of rotatable bonds is 3. The fraction of sp³-hybridized carbons (Fsp3) is 0.600. The molecular formula is C15H18BrN3O. The van der Waals surface area contributed by atoms with Gasteiger partial charge in [0, 0.05) is 6.04 Å². The van der Waals surface area contributed by atoms with E-state index in [0.29, 0.717) is 17.4 Å². The predicted octanol–water partition coefficient (Wildman–Crippen LogP) is 2.80. The van der Waals surface area contributed by atoms with Crippen LogP contribution in [0, 0.1) is 5.41 Å². The van der Waals surface area contributed by atoms with Crippen LogP contribution < -0.4 is 10.6 Å². The summed E-state index contributed by atoms with van der Waals surface area (Å²) >= 11 is 3.39. The Hall–Kier alpha value is -0.940. The molecule has 3 aliphatic rings. The molecule has 0 aromatic carbocycles. The van der Waals surface area contributed by atoms with E-state index in [4.69, 9.17) is 0 Å². The molecule has 1 aromatic rings. The molecule has 2 aliphatic carbocycles. The number of carbonyl (C=O) groups excluding carboxylic acids is 1. The molecule has 4 rings (SSSR count). The summed E-state index contributed by atoms with van der Waals surface area (Å²) in [5, 5.41) is 6.45. The van der Waals surface area contributed by atoms with Crippen molar-refractivity contribution in [2.45, 2.75) is 50.6 Å². The second-order valence-corrected chi connectivity index (χ2v) is 7.48. The third-order valence-corrected chi connectivity index (χ3v) is 5.33. The molecule has 3 fully saturated rings. The average molecular weight is 336 g/mol. The Morgan fingerprint density at radius 3 is 2.90 bits per heavy atom. The fourth-order valence-electron chi connectivity index (χ4n) is 3.30. The Bertz CT molecular complexity index is 586. The molecule has 20 heavy (non-hydrogen) atoms. The zero-order valence-corrected chi connectivity index (χ0v) is 13.0. The molecule has 0 radical (unpaired) electrons. The number of fused-ring (bicyclic) bond motifs is 1. The molecule has 3 atom stereocenters. The summed E-state index contributed by atoms with van der Waals surface area (Å²) < 4.78 is 0.770. The highest BCUT2D eigenvalue weighted by atomic mass is 79.9. The number of nitrogens with zero attached hydrogens (tertiary/aromatic N) is 1. The van der Waals surface area contributed by atoms with Crippen LogP contribution in [0.4, 0.5) is 5.82 Å². The first-order valence-corrected chi connectivity index (χ1v) is 8.08. The molecule has 2 heterocycles. The second-order valence-electron chi connectivity index (χ2n) is 6.67. The Kier molecular flexibility index (Phi) is 2.73. The molecule has 0 unspecified atom stereocenters. The molecule has 0 bridgehead atoms. The fourth-order valence-corrected chi connectivity index (χ4v) is 3.61. The van der Waals surface area contributed by atoms with Gasteiger partial charge in [0.2, 0.25) is 5.91 Å². The Morgan fingerprint density at radius 1 is 1.45 bits per heavy atom. The lowest BCUT2D eigenvalue weighted by molar-refractivity contribution is -0.118. The largest absolute Gasteiger partial charge is 0.309 e. The average Bonchev–Trinajstić information content (AvgIpc) is 3.29. The third kappa shape index (κ3) is 2.17. The van der Waals surface area contributed by atoms with E-state index in [2.05, 4.69) is 44.5 Å². The van der Waals surface area contributed by atoms with Crippen molar-refractivity contribution < 1.29 is 4.79 Å². The number of pyridine rings is 1. The number of amides is 1. The van der Waals surface area contributed by atoms with Gasteiger partial charge in [0.15, 0.2) is 0 Å². The van der Waals surface area contributed by atoms with Gasteiger partial charge in [-0.3, -0.25) is 4.79 Å². The van der Waals surface area contributed by atoms with Crippen molar-refractivity contribution in [2.24, 2.45) is 5.41 Å². The number of aromatic nitrogens is 1. The van der Waals surface area contributed by atoms with E-state index in [1.54, 1.807) is 0 Å². The number of nitrogens with one attached hydrogen (secondary N) is 2. The van der Waals surface area contributed by atoms with Crippen LogP contribution in [0.5, 0.6) is 0 Å². The summed E-state index contributed by atoms with van der Waals surface area (Å²) in [6, 6.07) is 4.50. The first-order valence-electron chi connectivity index (χ1n) is 7.28. The molecule has 4 nitrogen and oxygen atoms in total. The van der Waals surface area contributed by atoms with Gasteiger partial charge >= 0.3 is 0 Å². The quantitative estimate of drug-likeness (QED) is 0.835. The number of anilines is 1. The van der Waals surface area contributed by atoms with E-state index in [0.717, 1.165) is 16.8 Å². The summed E-state index contributed by atoms with van der Waals surface area (Å²) in [5.41, 5.74) is 1.53. The summed E-state index contributed by atoms with van der Waals surface area (Å²) in [6.07, 6.45) is 4.55. The van der Waals surface area contributed by atoms with Gasteiger partial charge in [0.05, 0.1) is 6.04 Å². The minimum Gasteiger partial charge on any atom is -0.309 e. The number of hydrogen-bond acceptors (Lipinski definition) is 3. The van der Waals surface area contributed by atoms with Crippen LogP contribution in [0.15, 0.2) is 16.7 Å². The van der Waals surface area contributed by atoms with E-state index in [9.17, 15) is 4.79 Å². The summed E-state index contributed by atoms with van der Waals surface area (Å²) in [6.45, 7) is 2.25. The normalized spacial score (nSPS) is 34.7. The van der Waals surface area contributed by atoms with Gasteiger partial charge in [-0.2, -0.15) is 0 Å². The van der Waals surface area contributed by atoms with Gasteiger partial charge < -0.3 is 10.6 Å². The SMILES string of the molecule is C[C@@]12C[C@@H](C(=O)Nc3nc(Br)ccc3C3CC3)N[C@@H]1C2. The zero-order chi connectivity index (χ0) is 13.9. The Labute approximate surface area is 126 Å². The molecule has 2 N–H and O–H groups in total. The molecule has 106 valence electrons. The van der Waals surface area contributed by atoms with E-state index < -0.39 is 0 Å². The van der Waals surface area contributed by atoms with Crippen molar-refractivity contribution >= 4 is 27.7 Å². The minimum absolute atomic E-state index is 0.0610. The summed E-state index contributed by atoms with van der Waals surface area (Å²) in [5.74, 6) is 1.37. The lowest BCUT2D eigenvalue weighted by Crippen LogP contribution is -2.38. The maximum atomic E-state index is 12.4. The number of hydrogen-bond donors (Lipinski definition) is 2. The van der Waals surface area contributed by atoms with Gasteiger partial charge in [-0.05, 0) is 64.6 Å². The van der Waals surface area contributed by atoms with Crippen LogP contribution in [0.2, 0.25) is 0 Å². The Balaban J connectivity index is 1.51. The van der Waals surface area contributed by atoms with Crippen molar-refractivity contribution in [2.75, 3.05) is 5.32 Å². The van der Waals surface area contributed by atoms with Gasteiger partial charge in [-0.15, -0.1) is 0 Å². The molecule has 1 saturated heterocycles. The smallest absolute Gasteiger partial charge is 0.242 e. The molecular weight excluding hydrogens is 318 g/mol. The number of piperidine rings is 1. The Morgan fingerprint density at radius 2 is 2.25 bits per heavy atom. The zero-order valence-electron chi connectivity index (χ0n) is 11.4. The van der Waals surface area contributed by atoms with Crippen LogP contribution in [-0.2, 0) is 4.79 Å². The monoisotopic (exact) mass is 335 g/mol. The summed E-state index contributed by atoms with van der Waals surface area (Å²) in [7, 11) is 0. The lowest BCUT2D eigenvalue weighted by Gasteiger charge is -2.16. The third-order valence-electron chi connectivity index (χ3n) is 4.89. The van der Waals surface area contributed by atoms with Crippen molar-refractivity contribution in [3.8, 4) is 0 Å². The van der Waals surface area contributed by atoms with Crippen molar-refractivity contribution in [1.29, 1.82) is 0 Å². The van der Waals surface area contributed by atoms with E-state index in [1.807, 2.05) is 6.07 Å². The molecule has 1 aliphatic heterocycles. The highest BCUT2D eigenvalue weighted by molar-refractivity contribution is 9.10. The molecule has 5 heteroatoms. The van der Waals surface area contributed by atoms with Crippen LogP contribution in [0.25, 0.3) is 0 Å². The number of halogens is 1. The minimum atomic E-state index is -0.0633. The van der Waals surface area contributed by atoms with Crippen molar-refractivity contribution in [3.05, 3.63) is 22.3 Å². The van der Waals surface area contributed by atoms with Gasteiger partial charge in [0.25, 0.3) is 0 Å². The topological polar surface area (TPSA) is 54.0 Å². The molecule has 0 spiro atoms. The second kappa shape index (κ2) is 4.28. The van der Waals surface area contributed by atoms with E-state index >= 15 is 0 Å². The maximum Gasteiger partial charge on any atom is 0.242 e. The standard InChI is InChI=1S/C15H18BrN3O/c1-15-6-10(17-11(15)7-15)14(20)19-13-9(8-2-3-8)4-5-12(16)18-13/h4-5,8,10-11,17H,2-3,6-7H2,1H3,(H,18,19,20)/t10-,11+,15-/m0/s1.